The van der Waals surface area contributed by atoms with Crippen LogP contribution in [0, 0.1) is 5.92 Å². The van der Waals surface area contributed by atoms with Gasteiger partial charge in [-0.15, -0.1) is 11.3 Å². The second-order valence-electron chi connectivity index (χ2n) is 5.76. The molecule has 0 aromatic carbocycles. The first kappa shape index (κ1) is 13.1. The average molecular weight is 278 g/mol. The van der Waals surface area contributed by atoms with Crippen LogP contribution in [0.15, 0.2) is 17.5 Å². The molecule has 0 radical (unpaired) electrons. The molecule has 1 N–H and O–H groups in total. The molecule has 1 aliphatic heterocycles. The Morgan fingerprint density at radius 1 is 1.32 bits per heavy atom. The van der Waals surface area contributed by atoms with Gasteiger partial charge in [-0.3, -0.25) is 4.79 Å². The molecule has 1 aliphatic carbocycles. The monoisotopic (exact) mass is 278 g/mol. The Morgan fingerprint density at radius 2 is 2.11 bits per heavy atom. The Balaban J connectivity index is 1.40. The standard InChI is InChI=1S/C15H22N2OS/c18-15(10-14-2-1-9-19-14)17-7-5-13(6-8-17)16-11-12-3-4-12/h1-2,9,12-13,16H,3-8,10-11H2. The highest BCUT2D eigenvalue weighted by Crippen LogP contribution is 2.28. The van der Waals surface area contributed by atoms with Gasteiger partial charge < -0.3 is 10.2 Å². The number of rotatable bonds is 5. The summed E-state index contributed by atoms with van der Waals surface area (Å²) in [5.41, 5.74) is 0. The van der Waals surface area contributed by atoms with E-state index in [1.165, 1.54) is 24.3 Å². The Morgan fingerprint density at radius 3 is 2.74 bits per heavy atom. The van der Waals surface area contributed by atoms with E-state index in [0.717, 1.165) is 31.8 Å². The molecule has 1 saturated heterocycles. The number of thiophene rings is 1. The third kappa shape index (κ3) is 3.80. The van der Waals surface area contributed by atoms with E-state index in [1.54, 1.807) is 11.3 Å². The van der Waals surface area contributed by atoms with Crippen LogP contribution < -0.4 is 5.32 Å². The van der Waals surface area contributed by atoms with Gasteiger partial charge >= 0.3 is 0 Å². The van der Waals surface area contributed by atoms with Crippen LogP contribution in [0.1, 0.15) is 30.6 Å². The van der Waals surface area contributed by atoms with Crippen molar-refractivity contribution in [3.05, 3.63) is 22.4 Å². The van der Waals surface area contributed by atoms with E-state index in [9.17, 15) is 4.79 Å². The van der Waals surface area contributed by atoms with Gasteiger partial charge in [-0.25, -0.2) is 0 Å². The molecule has 1 saturated carbocycles. The minimum absolute atomic E-state index is 0.295. The van der Waals surface area contributed by atoms with E-state index >= 15 is 0 Å². The highest BCUT2D eigenvalue weighted by molar-refractivity contribution is 7.10. The summed E-state index contributed by atoms with van der Waals surface area (Å²) in [4.78, 5) is 15.4. The minimum Gasteiger partial charge on any atom is -0.342 e. The molecule has 1 aromatic heterocycles. The van der Waals surface area contributed by atoms with Gasteiger partial charge in [-0.2, -0.15) is 0 Å². The summed E-state index contributed by atoms with van der Waals surface area (Å²) in [5, 5.41) is 5.69. The maximum Gasteiger partial charge on any atom is 0.227 e. The SMILES string of the molecule is O=C(Cc1cccs1)N1CCC(NCC2CC2)CC1. The minimum atomic E-state index is 0.295. The zero-order chi connectivity index (χ0) is 13.1. The average Bonchev–Trinajstić information content (AvgIpc) is 3.13. The van der Waals surface area contributed by atoms with Crippen LogP contribution in [0.3, 0.4) is 0 Å². The number of hydrogen-bond acceptors (Lipinski definition) is 3. The first-order valence-corrected chi connectivity index (χ1v) is 8.23. The largest absolute Gasteiger partial charge is 0.342 e. The van der Waals surface area contributed by atoms with Gasteiger partial charge in [0, 0.05) is 24.0 Å². The second kappa shape index (κ2) is 6.06. The Bertz CT molecular complexity index is 406. The Labute approximate surface area is 119 Å². The molecule has 2 heterocycles. The fourth-order valence-electron chi connectivity index (χ4n) is 2.66. The molecule has 4 heteroatoms. The molecule has 0 bridgehead atoms. The molecule has 0 unspecified atom stereocenters. The molecule has 1 aromatic rings. The number of nitrogens with one attached hydrogen (secondary N) is 1. The van der Waals surface area contributed by atoms with Crippen LogP contribution in [0.2, 0.25) is 0 Å². The van der Waals surface area contributed by atoms with E-state index in [1.807, 2.05) is 22.4 Å². The van der Waals surface area contributed by atoms with Crippen molar-refractivity contribution < 1.29 is 4.79 Å². The lowest BCUT2D eigenvalue weighted by atomic mass is 10.0. The third-order valence-electron chi connectivity index (χ3n) is 4.15. The molecule has 1 amide bonds. The van der Waals surface area contributed by atoms with Crippen molar-refractivity contribution in [1.29, 1.82) is 0 Å². The number of piperidine rings is 1. The number of nitrogens with zero attached hydrogens (tertiary/aromatic N) is 1. The summed E-state index contributed by atoms with van der Waals surface area (Å²) < 4.78 is 0. The molecule has 3 nitrogen and oxygen atoms in total. The maximum atomic E-state index is 12.2. The Kier molecular flexibility index (Phi) is 4.18. The number of amides is 1. The van der Waals surface area contributed by atoms with Gasteiger partial charge in [-0.1, -0.05) is 6.07 Å². The molecule has 2 fully saturated rings. The molecule has 19 heavy (non-hydrogen) atoms. The molecule has 0 spiro atoms. The van der Waals surface area contributed by atoms with E-state index in [2.05, 4.69) is 5.32 Å². The number of hydrogen-bond donors (Lipinski definition) is 1. The zero-order valence-corrected chi connectivity index (χ0v) is 12.1. The lowest BCUT2D eigenvalue weighted by molar-refractivity contribution is -0.131. The van der Waals surface area contributed by atoms with Crippen molar-refractivity contribution in [2.75, 3.05) is 19.6 Å². The second-order valence-corrected chi connectivity index (χ2v) is 6.80. The highest BCUT2D eigenvalue weighted by atomic mass is 32.1. The molecular weight excluding hydrogens is 256 g/mol. The van der Waals surface area contributed by atoms with Crippen LogP contribution in [0.25, 0.3) is 0 Å². The number of carbonyl (C=O) groups is 1. The van der Waals surface area contributed by atoms with Gasteiger partial charge in [0.2, 0.25) is 5.91 Å². The van der Waals surface area contributed by atoms with Crippen LogP contribution in [0.4, 0.5) is 0 Å². The summed E-state index contributed by atoms with van der Waals surface area (Å²) in [5.74, 6) is 1.24. The summed E-state index contributed by atoms with van der Waals surface area (Å²) in [6, 6.07) is 4.69. The fourth-order valence-corrected chi connectivity index (χ4v) is 3.36. The van der Waals surface area contributed by atoms with E-state index < -0.39 is 0 Å². The van der Waals surface area contributed by atoms with Crippen molar-refractivity contribution in [3.63, 3.8) is 0 Å². The van der Waals surface area contributed by atoms with Crippen molar-refractivity contribution >= 4 is 17.2 Å². The molecule has 104 valence electrons. The maximum absolute atomic E-state index is 12.2. The van der Waals surface area contributed by atoms with Crippen LogP contribution in [0.5, 0.6) is 0 Å². The predicted octanol–water partition coefficient (Wildman–Crippen LogP) is 2.28. The van der Waals surface area contributed by atoms with Crippen LogP contribution in [-0.2, 0) is 11.2 Å². The molecule has 0 atom stereocenters. The van der Waals surface area contributed by atoms with Crippen LogP contribution in [-0.4, -0.2) is 36.5 Å². The van der Waals surface area contributed by atoms with Gasteiger partial charge in [0.25, 0.3) is 0 Å². The van der Waals surface area contributed by atoms with Gasteiger partial charge in [0.15, 0.2) is 0 Å². The van der Waals surface area contributed by atoms with Crippen molar-refractivity contribution in [1.82, 2.24) is 10.2 Å². The summed E-state index contributed by atoms with van der Waals surface area (Å²) in [7, 11) is 0. The van der Waals surface area contributed by atoms with E-state index in [4.69, 9.17) is 0 Å². The molecular formula is C15H22N2OS. The van der Waals surface area contributed by atoms with Crippen molar-refractivity contribution in [2.45, 2.75) is 38.1 Å². The summed E-state index contributed by atoms with van der Waals surface area (Å²) >= 11 is 1.67. The number of likely N-dealkylation sites (tertiary alicyclic amines) is 1. The summed E-state index contributed by atoms with van der Waals surface area (Å²) in [6.45, 7) is 3.03. The zero-order valence-electron chi connectivity index (χ0n) is 11.3. The van der Waals surface area contributed by atoms with E-state index in [-0.39, 0.29) is 0 Å². The fraction of sp³-hybridized carbons (Fsp3) is 0.667. The molecule has 3 rings (SSSR count). The first-order chi connectivity index (χ1) is 9.31. The smallest absolute Gasteiger partial charge is 0.227 e. The highest BCUT2D eigenvalue weighted by Gasteiger charge is 2.25. The van der Waals surface area contributed by atoms with E-state index in [0.29, 0.717) is 18.4 Å². The van der Waals surface area contributed by atoms with Gasteiger partial charge in [0.05, 0.1) is 6.42 Å². The summed E-state index contributed by atoms with van der Waals surface area (Å²) in [6.07, 6.45) is 5.62. The third-order valence-corrected chi connectivity index (χ3v) is 5.02. The van der Waals surface area contributed by atoms with Crippen molar-refractivity contribution in [2.24, 2.45) is 5.92 Å². The molecule has 2 aliphatic rings. The topological polar surface area (TPSA) is 32.3 Å². The Hall–Kier alpha value is -0.870. The van der Waals surface area contributed by atoms with Gasteiger partial charge in [-0.05, 0) is 49.6 Å². The number of carbonyl (C=O) groups excluding carboxylic acids is 1. The first-order valence-electron chi connectivity index (χ1n) is 7.35. The van der Waals surface area contributed by atoms with Crippen LogP contribution >= 0.6 is 11.3 Å². The van der Waals surface area contributed by atoms with Crippen molar-refractivity contribution in [3.8, 4) is 0 Å². The quantitative estimate of drug-likeness (QED) is 0.896. The lowest BCUT2D eigenvalue weighted by Gasteiger charge is -2.32. The van der Waals surface area contributed by atoms with Gasteiger partial charge in [0.1, 0.15) is 0 Å². The predicted molar refractivity (Wildman–Crippen MR) is 78.4 cm³/mol. The normalized spacial score (nSPS) is 20.7. The lowest BCUT2D eigenvalue weighted by Crippen LogP contribution is -2.45.